The first-order valence-electron chi connectivity index (χ1n) is 7.17. The van der Waals surface area contributed by atoms with Crippen molar-refractivity contribution in [3.05, 3.63) is 58.1 Å². The normalized spacial score (nSPS) is 10.2. The Labute approximate surface area is 145 Å². The summed E-state index contributed by atoms with van der Waals surface area (Å²) in [6.45, 7) is 0.901. The third kappa shape index (κ3) is 5.34. The maximum atomic E-state index is 11.9. The largest absolute Gasteiger partial charge is 0.496 e. The number of carbonyl (C=O) groups excluding carboxylic acids is 1. The first kappa shape index (κ1) is 17.4. The molecule has 0 saturated heterocycles. The molecule has 122 valence electrons. The maximum Gasteiger partial charge on any atom is 0.222 e. The minimum Gasteiger partial charge on any atom is -0.496 e. The van der Waals surface area contributed by atoms with Gasteiger partial charge in [-0.05, 0) is 24.3 Å². The van der Waals surface area contributed by atoms with E-state index < -0.39 is 0 Å². The quantitative estimate of drug-likeness (QED) is 0.787. The Bertz CT molecular complexity index is 677. The van der Waals surface area contributed by atoms with Crippen LogP contribution in [-0.2, 0) is 11.3 Å². The van der Waals surface area contributed by atoms with Crippen molar-refractivity contribution >= 4 is 34.8 Å². The van der Waals surface area contributed by atoms with Crippen molar-refractivity contribution in [2.45, 2.75) is 13.0 Å². The molecule has 2 N–H and O–H groups in total. The van der Waals surface area contributed by atoms with Crippen LogP contribution in [0.3, 0.4) is 0 Å². The van der Waals surface area contributed by atoms with Gasteiger partial charge in [0.05, 0.1) is 17.8 Å². The smallest absolute Gasteiger partial charge is 0.222 e. The average Bonchev–Trinajstić information content (AvgIpc) is 2.56. The molecule has 0 fully saturated rings. The van der Waals surface area contributed by atoms with E-state index in [0.29, 0.717) is 29.6 Å². The van der Waals surface area contributed by atoms with Crippen LogP contribution >= 0.6 is 23.2 Å². The number of para-hydroxylation sites is 1. The summed E-state index contributed by atoms with van der Waals surface area (Å²) < 4.78 is 5.25. The van der Waals surface area contributed by atoms with E-state index in [-0.39, 0.29) is 5.91 Å². The number of hydrogen-bond acceptors (Lipinski definition) is 3. The molecule has 6 heteroatoms. The van der Waals surface area contributed by atoms with Gasteiger partial charge in [0.15, 0.2) is 0 Å². The molecule has 4 nitrogen and oxygen atoms in total. The van der Waals surface area contributed by atoms with Gasteiger partial charge < -0.3 is 15.4 Å². The van der Waals surface area contributed by atoms with Crippen molar-refractivity contribution in [3.8, 4) is 5.75 Å². The number of halogens is 2. The van der Waals surface area contributed by atoms with Crippen molar-refractivity contribution in [2.75, 3.05) is 19.0 Å². The molecule has 0 aliphatic rings. The molecule has 1 amide bonds. The number of anilines is 1. The van der Waals surface area contributed by atoms with E-state index in [1.165, 1.54) is 0 Å². The zero-order chi connectivity index (χ0) is 16.7. The Morgan fingerprint density at radius 1 is 1.17 bits per heavy atom. The van der Waals surface area contributed by atoms with Crippen LogP contribution in [0, 0.1) is 0 Å². The molecule has 0 aromatic heterocycles. The van der Waals surface area contributed by atoms with E-state index in [9.17, 15) is 4.79 Å². The minimum atomic E-state index is -0.0541. The van der Waals surface area contributed by atoms with Gasteiger partial charge in [-0.2, -0.15) is 0 Å². The molecule has 2 aromatic rings. The predicted molar refractivity (Wildman–Crippen MR) is 94.4 cm³/mol. The van der Waals surface area contributed by atoms with Crippen molar-refractivity contribution in [3.63, 3.8) is 0 Å². The van der Waals surface area contributed by atoms with E-state index in [4.69, 9.17) is 27.9 Å². The number of rotatable bonds is 7. The second-order valence-electron chi connectivity index (χ2n) is 4.89. The van der Waals surface area contributed by atoms with Crippen LogP contribution in [0.25, 0.3) is 0 Å². The number of methoxy groups -OCH3 is 1. The van der Waals surface area contributed by atoms with Gasteiger partial charge in [0, 0.05) is 30.1 Å². The summed E-state index contributed by atoms with van der Waals surface area (Å²) in [5.74, 6) is 0.707. The average molecular weight is 353 g/mol. The highest BCUT2D eigenvalue weighted by atomic mass is 35.5. The molecular weight excluding hydrogens is 335 g/mol. The fourth-order valence-corrected chi connectivity index (χ4v) is 2.43. The van der Waals surface area contributed by atoms with Crippen molar-refractivity contribution in [1.82, 2.24) is 5.32 Å². The molecule has 0 unspecified atom stereocenters. The lowest BCUT2D eigenvalue weighted by Gasteiger charge is -2.11. The Morgan fingerprint density at radius 3 is 2.74 bits per heavy atom. The van der Waals surface area contributed by atoms with Crippen LogP contribution in [0.2, 0.25) is 10.0 Å². The van der Waals surface area contributed by atoms with Gasteiger partial charge in [-0.25, -0.2) is 0 Å². The molecule has 0 aliphatic carbocycles. The standard InChI is InChI=1S/C17H18Cl2N2O2/c1-23-16-5-3-2-4-12(16)11-21-17(22)8-9-20-15-10-13(18)6-7-14(15)19/h2-7,10,20H,8-9,11H2,1H3,(H,21,22). The lowest BCUT2D eigenvalue weighted by molar-refractivity contribution is -0.121. The number of nitrogens with one attached hydrogen (secondary N) is 2. The Hall–Kier alpha value is -1.91. The summed E-state index contributed by atoms with van der Waals surface area (Å²) in [5, 5.41) is 7.14. The van der Waals surface area contributed by atoms with Gasteiger partial charge in [-0.1, -0.05) is 41.4 Å². The fourth-order valence-electron chi connectivity index (χ4n) is 2.07. The van der Waals surface area contributed by atoms with Crippen LogP contribution in [0.1, 0.15) is 12.0 Å². The molecule has 0 spiro atoms. The predicted octanol–water partition coefficient (Wildman–Crippen LogP) is 4.12. The highest BCUT2D eigenvalue weighted by Gasteiger charge is 2.06. The molecule has 0 atom stereocenters. The summed E-state index contributed by atoms with van der Waals surface area (Å²) in [7, 11) is 1.61. The Kier molecular flexibility index (Phi) is 6.56. The molecule has 0 bridgehead atoms. The van der Waals surface area contributed by atoms with Gasteiger partial charge in [-0.15, -0.1) is 0 Å². The fraction of sp³-hybridized carbons (Fsp3) is 0.235. The second kappa shape index (κ2) is 8.65. The molecule has 0 aliphatic heterocycles. The number of carbonyl (C=O) groups is 1. The molecule has 0 radical (unpaired) electrons. The van der Waals surface area contributed by atoms with Crippen LogP contribution in [0.5, 0.6) is 5.75 Å². The minimum absolute atomic E-state index is 0.0541. The molecule has 2 aromatic carbocycles. The van der Waals surface area contributed by atoms with Crippen LogP contribution in [0.15, 0.2) is 42.5 Å². The van der Waals surface area contributed by atoms with E-state index >= 15 is 0 Å². The van der Waals surface area contributed by atoms with Gasteiger partial charge in [0.25, 0.3) is 0 Å². The lowest BCUT2D eigenvalue weighted by atomic mass is 10.2. The van der Waals surface area contributed by atoms with Crippen LogP contribution < -0.4 is 15.4 Å². The highest BCUT2D eigenvalue weighted by Crippen LogP contribution is 2.25. The van der Waals surface area contributed by atoms with E-state index in [0.717, 1.165) is 17.0 Å². The third-order valence-electron chi connectivity index (χ3n) is 3.26. The van der Waals surface area contributed by atoms with E-state index in [1.54, 1.807) is 25.3 Å². The summed E-state index contributed by atoms with van der Waals surface area (Å²) in [4.78, 5) is 11.9. The number of benzene rings is 2. The van der Waals surface area contributed by atoms with Crippen molar-refractivity contribution < 1.29 is 9.53 Å². The van der Waals surface area contributed by atoms with Crippen molar-refractivity contribution in [1.29, 1.82) is 0 Å². The Balaban J connectivity index is 1.78. The van der Waals surface area contributed by atoms with E-state index in [2.05, 4.69) is 10.6 Å². The lowest BCUT2D eigenvalue weighted by Crippen LogP contribution is -2.25. The first-order valence-corrected chi connectivity index (χ1v) is 7.93. The SMILES string of the molecule is COc1ccccc1CNC(=O)CCNc1cc(Cl)ccc1Cl. The molecule has 0 saturated carbocycles. The number of ether oxygens (including phenoxy) is 1. The summed E-state index contributed by atoms with van der Waals surface area (Å²) in [6, 6.07) is 12.8. The first-order chi connectivity index (χ1) is 11.1. The monoisotopic (exact) mass is 352 g/mol. The zero-order valence-corrected chi connectivity index (χ0v) is 14.2. The summed E-state index contributed by atoms with van der Waals surface area (Å²) in [5.41, 5.74) is 1.66. The van der Waals surface area contributed by atoms with Crippen molar-refractivity contribution in [2.24, 2.45) is 0 Å². The number of amides is 1. The van der Waals surface area contributed by atoms with E-state index in [1.807, 2.05) is 24.3 Å². The third-order valence-corrected chi connectivity index (χ3v) is 3.83. The zero-order valence-electron chi connectivity index (χ0n) is 12.7. The highest BCUT2D eigenvalue weighted by molar-refractivity contribution is 6.35. The summed E-state index contributed by atoms with van der Waals surface area (Å²) >= 11 is 12.0. The molecule has 0 heterocycles. The van der Waals surface area contributed by atoms with Crippen LogP contribution in [-0.4, -0.2) is 19.6 Å². The molecule has 2 rings (SSSR count). The topological polar surface area (TPSA) is 50.4 Å². The Morgan fingerprint density at radius 2 is 1.96 bits per heavy atom. The maximum absolute atomic E-state index is 11.9. The summed E-state index contributed by atoms with van der Waals surface area (Å²) in [6.07, 6.45) is 0.331. The molecular formula is C17H18Cl2N2O2. The van der Waals surface area contributed by atoms with Gasteiger partial charge in [-0.3, -0.25) is 4.79 Å². The van der Waals surface area contributed by atoms with Gasteiger partial charge >= 0.3 is 0 Å². The second-order valence-corrected chi connectivity index (χ2v) is 5.73. The van der Waals surface area contributed by atoms with Gasteiger partial charge in [0.2, 0.25) is 5.91 Å². The molecule has 23 heavy (non-hydrogen) atoms. The number of hydrogen-bond donors (Lipinski definition) is 2. The van der Waals surface area contributed by atoms with Crippen LogP contribution in [0.4, 0.5) is 5.69 Å². The van der Waals surface area contributed by atoms with Gasteiger partial charge in [0.1, 0.15) is 5.75 Å².